The molecule has 0 aromatic heterocycles. The monoisotopic (exact) mass is 300 g/mol. The molecule has 2 N–H and O–H groups in total. The average molecular weight is 300 g/mol. The van der Waals surface area contributed by atoms with Gasteiger partial charge in [0.1, 0.15) is 0 Å². The minimum atomic E-state index is -3.87. The van der Waals surface area contributed by atoms with Crippen molar-refractivity contribution in [3.05, 3.63) is 35.9 Å². The van der Waals surface area contributed by atoms with E-state index >= 15 is 0 Å². The van der Waals surface area contributed by atoms with Crippen molar-refractivity contribution in [3.63, 3.8) is 0 Å². The number of nitrogens with zero attached hydrogens (tertiary/aromatic N) is 1. The van der Waals surface area contributed by atoms with E-state index in [9.17, 15) is 18.3 Å². The molecule has 112 valence electrons. The lowest BCUT2D eigenvalue weighted by atomic mass is 9.94. The quantitative estimate of drug-likeness (QED) is 0.791. The van der Waals surface area contributed by atoms with Crippen molar-refractivity contribution in [2.45, 2.75) is 26.3 Å². The lowest BCUT2D eigenvalue weighted by Gasteiger charge is -2.29. The summed E-state index contributed by atoms with van der Waals surface area (Å²) in [5, 5.41) is 9.43. The van der Waals surface area contributed by atoms with E-state index in [1.807, 2.05) is 0 Å². The van der Waals surface area contributed by atoms with Crippen LogP contribution in [0.3, 0.4) is 0 Å². The van der Waals surface area contributed by atoms with Crippen LogP contribution in [0.25, 0.3) is 0 Å². The fourth-order valence-corrected chi connectivity index (χ4v) is 3.41. The normalized spacial score (nSPS) is 15.0. The highest BCUT2D eigenvalue weighted by Crippen LogP contribution is 2.22. The van der Waals surface area contributed by atoms with Crippen molar-refractivity contribution >= 4 is 16.2 Å². The molecule has 0 saturated heterocycles. The van der Waals surface area contributed by atoms with Gasteiger partial charge in [0, 0.05) is 13.1 Å². The molecular weight excluding hydrogens is 280 g/mol. The van der Waals surface area contributed by atoms with Crippen LogP contribution in [-0.4, -0.2) is 36.9 Å². The zero-order valence-electron chi connectivity index (χ0n) is 11.8. The van der Waals surface area contributed by atoms with Gasteiger partial charge in [0.2, 0.25) is 0 Å². The molecule has 1 aromatic rings. The molecule has 1 atom stereocenters. The van der Waals surface area contributed by atoms with Crippen LogP contribution in [0.15, 0.2) is 30.3 Å². The second-order valence-electron chi connectivity index (χ2n) is 4.49. The maximum atomic E-state index is 12.2. The largest absolute Gasteiger partial charge is 0.480 e. The molecule has 0 aliphatic carbocycles. The second kappa shape index (κ2) is 6.34. The molecule has 0 heterocycles. The van der Waals surface area contributed by atoms with Crippen LogP contribution < -0.4 is 4.72 Å². The van der Waals surface area contributed by atoms with Crippen LogP contribution in [0.1, 0.15) is 26.3 Å². The van der Waals surface area contributed by atoms with Gasteiger partial charge < -0.3 is 5.11 Å². The summed E-state index contributed by atoms with van der Waals surface area (Å²) in [5.41, 5.74) is -1.33. The smallest absolute Gasteiger partial charge is 0.329 e. The molecule has 0 spiro atoms. The summed E-state index contributed by atoms with van der Waals surface area (Å²) in [5.74, 6) is -1.25. The van der Waals surface area contributed by atoms with Crippen molar-refractivity contribution < 1.29 is 18.3 Å². The summed E-state index contributed by atoms with van der Waals surface area (Å²) in [6.07, 6.45) is 0. The van der Waals surface area contributed by atoms with Crippen molar-refractivity contribution in [3.8, 4) is 0 Å². The van der Waals surface area contributed by atoms with Crippen LogP contribution in [-0.2, 0) is 20.5 Å². The lowest BCUT2D eigenvalue weighted by Crippen LogP contribution is -2.54. The van der Waals surface area contributed by atoms with Crippen molar-refractivity contribution in [1.29, 1.82) is 0 Å². The van der Waals surface area contributed by atoms with E-state index < -0.39 is 21.7 Å². The molecule has 0 saturated carbocycles. The molecule has 0 radical (unpaired) electrons. The standard InChI is InChI=1S/C13H20N2O4S/c1-4-15(5-2)20(18,19)14-13(3,12(16)17)11-9-7-6-8-10-11/h6-10,14H,4-5H2,1-3H3,(H,16,17). The van der Waals surface area contributed by atoms with E-state index in [-0.39, 0.29) is 13.1 Å². The molecule has 0 fully saturated rings. The molecule has 1 aromatic carbocycles. The van der Waals surface area contributed by atoms with Gasteiger partial charge in [-0.1, -0.05) is 44.2 Å². The fourth-order valence-electron chi connectivity index (χ4n) is 1.88. The number of hydrogen-bond donors (Lipinski definition) is 2. The molecule has 1 unspecified atom stereocenters. The summed E-state index contributed by atoms with van der Waals surface area (Å²) in [7, 11) is -3.87. The van der Waals surface area contributed by atoms with E-state index in [1.165, 1.54) is 11.2 Å². The molecule has 0 amide bonds. The Labute approximate surface area is 119 Å². The number of carbonyl (C=O) groups is 1. The van der Waals surface area contributed by atoms with Gasteiger partial charge in [0.25, 0.3) is 10.2 Å². The highest BCUT2D eigenvalue weighted by molar-refractivity contribution is 7.87. The van der Waals surface area contributed by atoms with E-state index in [0.29, 0.717) is 5.56 Å². The van der Waals surface area contributed by atoms with E-state index in [4.69, 9.17) is 0 Å². The minimum Gasteiger partial charge on any atom is -0.480 e. The topological polar surface area (TPSA) is 86.7 Å². The number of hydrogen-bond acceptors (Lipinski definition) is 3. The van der Waals surface area contributed by atoms with Crippen molar-refractivity contribution in [2.75, 3.05) is 13.1 Å². The first-order chi connectivity index (χ1) is 9.28. The second-order valence-corrected chi connectivity index (χ2v) is 6.16. The van der Waals surface area contributed by atoms with Crippen LogP contribution in [0.2, 0.25) is 0 Å². The maximum absolute atomic E-state index is 12.2. The van der Waals surface area contributed by atoms with Crippen molar-refractivity contribution in [2.24, 2.45) is 0 Å². The number of aliphatic carboxylic acids is 1. The zero-order chi connectivity index (χ0) is 15.4. The molecule has 6 nitrogen and oxygen atoms in total. The van der Waals surface area contributed by atoms with Gasteiger partial charge in [-0.05, 0) is 12.5 Å². The van der Waals surface area contributed by atoms with Gasteiger partial charge in [-0.25, -0.2) is 4.79 Å². The van der Waals surface area contributed by atoms with Gasteiger partial charge >= 0.3 is 5.97 Å². The number of benzene rings is 1. The highest BCUT2D eigenvalue weighted by atomic mass is 32.2. The number of carboxylic acid groups (broad SMARTS) is 1. The van der Waals surface area contributed by atoms with Crippen LogP contribution in [0.5, 0.6) is 0 Å². The molecule has 20 heavy (non-hydrogen) atoms. The maximum Gasteiger partial charge on any atom is 0.329 e. The molecule has 0 aliphatic rings. The Kier molecular flexibility index (Phi) is 5.27. The summed E-state index contributed by atoms with van der Waals surface area (Å²) in [4.78, 5) is 11.6. The zero-order valence-corrected chi connectivity index (χ0v) is 12.6. The number of rotatable bonds is 7. The Morgan fingerprint density at radius 1 is 1.25 bits per heavy atom. The van der Waals surface area contributed by atoms with Crippen LogP contribution in [0.4, 0.5) is 0 Å². The van der Waals surface area contributed by atoms with Crippen LogP contribution >= 0.6 is 0 Å². The Bertz CT molecular complexity index is 555. The Hall–Kier alpha value is -1.44. The van der Waals surface area contributed by atoms with Gasteiger partial charge in [0.05, 0.1) is 0 Å². The molecule has 1 rings (SSSR count). The Balaban J connectivity index is 3.21. The summed E-state index contributed by atoms with van der Waals surface area (Å²) >= 11 is 0. The van der Waals surface area contributed by atoms with Crippen molar-refractivity contribution in [1.82, 2.24) is 9.03 Å². The molecular formula is C13H20N2O4S. The third-order valence-corrected chi connectivity index (χ3v) is 5.02. The van der Waals surface area contributed by atoms with Gasteiger partial charge in [-0.3, -0.25) is 0 Å². The van der Waals surface area contributed by atoms with Gasteiger partial charge in [-0.2, -0.15) is 17.4 Å². The molecule has 7 heteroatoms. The third kappa shape index (κ3) is 3.36. The molecule has 0 bridgehead atoms. The predicted molar refractivity (Wildman–Crippen MR) is 76.4 cm³/mol. The first-order valence-corrected chi connectivity index (χ1v) is 7.80. The third-order valence-electron chi connectivity index (χ3n) is 3.16. The number of nitrogens with one attached hydrogen (secondary N) is 1. The van der Waals surface area contributed by atoms with E-state index in [2.05, 4.69) is 4.72 Å². The van der Waals surface area contributed by atoms with E-state index in [0.717, 1.165) is 0 Å². The SMILES string of the molecule is CCN(CC)S(=O)(=O)NC(C)(C(=O)O)c1ccccc1. The summed E-state index contributed by atoms with van der Waals surface area (Å²) < 4.78 is 27.9. The predicted octanol–water partition coefficient (Wildman–Crippen LogP) is 1.16. The van der Waals surface area contributed by atoms with E-state index in [1.54, 1.807) is 44.2 Å². The average Bonchev–Trinajstić information content (AvgIpc) is 2.39. The highest BCUT2D eigenvalue weighted by Gasteiger charge is 2.40. The Morgan fingerprint density at radius 3 is 2.15 bits per heavy atom. The minimum absolute atomic E-state index is 0.274. The Morgan fingerprint density at radius 2 is 1.75 bits per heavy atom. The van der Waals surface area contributed by atoms with Gasteiger partial charge in [-0.15, -0.1) is 0 Å². The number of carboxylic acids is 1. The lowest BCUT2D eigenvalue weighted by molar-refractivity contribution is -0.143. The summed E-state index contributed by atoms with van der Waals surface area (Å²) in [6, 6.07) is 8.24. The van der Waals surface area contributed by atoms with Gasteiger partial charge in [0.15, 0.2) is 5.54 Å². The van der Waals surface area contributed by atoms with Crippen LogP contribution in [0, 0.1) is 0 Å². The first kappa shape index (κ1) is 16.6. The first-order valence-electron chi connectivity index (χ1n) is 6.36. The summed E-state index contributed by atoms with van der Waals surface area (Å²) in [6.45, 7) is 5.28. The fraction of sp³-hybridized carbons (Fsp3) is 0.462. The molecule has 0 aliphatic heterocycles.